The molecule has 1 aromatic carbocycles. The number of carbonyl (C=O) groups excluding carboxylic acids is 1. The maximum atomic E-state index is 12.1. The van der Waals surface area contributed by atoms with Gasteiger partial charge in [0.1, 0.15) is 11.4 Å². The van der Waals surface area contributed by atoms with Crippen molar-refractivity contribution in [3.05, 3.63) is 35.2 Å². The lowest BCUT2D eigenvalue weighted by molar-refractivity contribution is 0.101. The summed E-state index contributed by atoms with van der Waals surface area (Å²) >= 11 is 0. The van der Waals surface area contributed by atoms with E-state index in [4.69, 9.17) is 5.73 Å². The van der Waals surface area contributed by atoms with E-state index in [1.165, 1.54) is 10.7 Å². The summed E-state index contributed by atoms with van der Waals surface area (Å²) in [6.07, 6.45) is 0. The molecule has 0 saturated carbocycles. The summed E-state index contributed by atoms with van der Waals surface area (Å²) in [5.41, 5.74) is 8.34. The van der Waals surface area contributed by atoms with Gasteiger partial charge in [-0.25, -0.2) is 0 Å². The second-order valence-corrected chi connectivity index (χ2v) is 4.43. The number of amides is 1. The largest absolute Gasteiger partial charge is 0.508 e. The number of phenols is 1. The van der Waals surface area contributed by atoms with Crippen molar-refractivity contribution < 1.29 is 9.90 Å². The second kappa shape index (κ2) is 4.64. The Labute approximate surface area is 110 Å². The summed E-state index contributed by atoms with van der Waals surface area (Å²) in [7, 11) is 1.66. The zero-order valence-corrected chi connectivity index (χ0v) is 11.1. The highest BCUT2D eigenvalue weighted by Gasteiger charge is 2.18. The molecule has 0 spiro atoms. The van der Waals surface area contributed by atoms with Crippen molar-refractivity contribution in [3.63, 3.8) is 0 Å². The molecule has 0 aliphatic carbocycles. The van der Waals surface area contributed by atoms with Crippen molar-refractivity contribution in [2.45, 2.75) is 13.8 Å². The summed E-state index contributed by atoms with van der Waals surface area (Å²) in [5, 5.41) is 16.4. The molecule has 1 aromatic heterocycles. The van der Waals surface area contributed by atoms with Gasteiger partial charge in [0.2, 0.25) is 0 Å². The Hall–Kier alpha value is -2.50. The minimum Gasteiger partial charge on any atom is -0.508 e. The SMILES string of the molecule is Cc1ccc(NC(=O)c2c(N)c(C)nn2C)cc1O. The number of aromatic hydroxyl groups is 1. The average molecular weight is 260 g/mol. The van der Waals surface area contributed by atoms with E-state index in [1.807, 2.05) is 0 Å². The van der Waals surface area contributed by atoms with Crippen LogP contribution in [0.5, 0.6) is 5.75 Å². The van der Waals surface area contributed by atoms with Gasteiger partial charge in [-0.2, -0.15) is 5.10 Å². The summed E-state index contributed by atoms with van der Waals surface area (Å²) in [5.74, 6) is -0.226. The second-order valence-electron chi connectivity index (χ2n) is 4.43. The van der Waals surface area contributed by atoms with Crippen molar-refractivity contribution in [3.8, 4) is 5.75 Å². The van der Waals surface area contributed by atoms with E-state index in [0.29, 0.717) is 22.8 Å². The fraction of sp³-hybridized carbons (Fsp3) is 0.231. The van der Waals surface area contributed by atoms with Gasteiger partial charge in [-0.05, 0) is 25.5 Å². The summed E-state index contributed by atoms with van der Waals surface area (Å²) < 4.78 is 1.44. The molecule has 1 amide bonds. The van der Waals surface area contributed by atoms with Crippen LogP contribution in [0.2, 0.25) is 0 Å². The molecular formula is C13H16N4O2. The minimum absolute atomic E-state index is 0.131. The highest BCUT2D eigenvalue weighted by Crippen LogP contribution is 2.22. The number of nitrogens with one attached hydrogen (secondary N) is 1. The van der Waals surface area contributed by atoms with Crippen LogP contribution in [0.1, 0.15) is 21.7 Å². The van der Waals surface area contributed by atoms with Gasteiger partial charge in [0.15, 0.2) is 0 Å². The van der Waals surface area contributed by atoms with Crippen LogP contribution in [0.15, 0.2) is 18.2 Å². The van der Waals surface area contributed by atoms with Crippen molar-refractivity contribution >= 4 is 17.3 Å². The molecule has 100 valence electrons. The topological polar surface area (TPSA) is 93.2 Å². The van der Waals surface area contributed by atoms with Gasteiger partial charge in [-0.15, -0.1) is 0 Å². The number of carbonyl (C=O) groups is 1. The number of aryl methyl sites for hydroxylation is 3. The minimum atomic E-state index is -0.358. The lowest BCUT2D eigenvalue weighted by atomic mass is 10.2. The first-order valence-corrected chi connectivity index (χ1v) is 5.80. The molecule has 6 nitrogen and oxygen atoms in total. The van der Waals surface area contributed by atoms with E-state index in [1.54, 1.807) is 33.0 Å². The number of hydrogen-bond donors (Lipinski definition) is 3. The summed E-state index contributed by atoms with van der Waals surface area (Å²) in [6, 6.07) is 4.93. The Bertz CT molecular complexity index is 646. The quantitative estimate of drug-likeness (QED) is 0.764. The Morgan fingerprint density at radius 3 is 2.63 bits per heavy atom. The molecule has 0 saturated heterocycles. The Kier molecular flexibility index (Phi) is 3.16. The number of nitrogens with zero attached hydrogens (tertiary/aromatic N) is 2. The maximum Gasteiger partial charge on any atom is 0.276 e. The Balaban J connectivity index is 2.28. The molecule has 0 fully saturated rings. The van der Waals surface area contributed by atoms with E-state index in [9.17, 15) is 9.90 Å². The van der Waals surface area contributed by atoms with Crippen molar-refractivity contribution in [1.82, 2.24) is 9.78 Å². The van der Waals surface area contributed by atoms with Gasteiger partial charge >= 0.3 is 0 Å². The molecule has 0 bridgehead atoms. The lowest BCUT2D eigenvalue weighted by Crippen LogP contribution is -2.17. The molecule has 0 unspecified atom stereocenters. The van der Waals surface area contributed by atoms with E-state index < -0.39 is 0 Å². The van der Waals surface area contributed by atoms with Crippen LogP contribution < -0.4 is 11.1 Å². The third kappa shape index (κ3) is 2.37. The molecule has 1 heterocycles. The van der Waals surface area contributed by atoms with Crippen LogP contribution in [-0.2, 0) is 7.05 Å². The fourth-order valence-corrected chi connectivity index (χ4v) is 1.82. The molecule has 2 rings (SSSR count). The average Bonchev–Trinajstić information content (AvgIpc) is 2.58. The van der Waals surface area contributed by atoms with E-state index in [-0.39, 0.29) is 11.7 Å². The van der Waals surface area contributed by atoms with Crippen LogP contribution in [0.3, 0.4) is 0 Å². The number of nitrogen functional groups attached to an aromatic ring is 1. The molecule has 6 heteroatoms. The molecule has 0 aliphatic rings. The van der Waals surface area contributed by atoms with Gasteiger partial charge in [0.05, 0.1) is 11.4 Å². The number of phenolic OH excluding ortho intramolecular Hbond substituents is 1. The zero-order chi connectivity index (χ0) is 14.2. The third-order valence-corrected chi connectivity index (χ3v) is 2.95. The van der Waals surface area contributed by atoms with Gasteiger partial charge in [-0.3, -0.25) is 9.48 Å². The smallest absolute Gasteiger partial charge is 0.276 e. The highest BCUT2D eigenvalue weighted by molar-refractivity contribution is 6.06. The summed E-state index contributed by atoms with van der Waals surface area (Å²) in [6.45, 7) is 3.52. The molecule has 19 heavy (non-hydrogen) atoms. The van der Waals surface area contributed by atoms with Crippen LogP contribution in [0.4, 0.5) is 11.4 Å². The third-order valence-electron chi connectivity index (χ3n) is 2.95. The number of rotatable bonds is 2. The monoisotopic (exact) mass is 260 g/mol. The predicted octanol–water partition coefficient (Wildman–Crippen LogP) is 1.58. The molecule has 2 aromatic rings. The lowest BCUT2D eigenvalue weighted by Gasteiger charge is -2.07. The number of hydrogen-bond acceptors (Lipinski definition) is 4. The van der Waals surface area contributed by atoms with E-state index in [0.717, 1.165) is 5.56 Å². The van der Waals surface area contributed by atoms with Crippen molar-refractivity contribution in [1.29, 1.82) is 0 Å². The first kappa shape index (κ1) is 12.9. The van der Waals surface area contributed by atoms with Gasteiger partial charge in [-0.1, -0.05) is 6.07 Å². The number of benzene rings is 1. The number of aromatic nitrogens is 2. The Morgan fingerprint density at radius 1 is 1.42 bits per heavy atom. The van der Waals surface area contributed by atoms with Gasteiger partial charge < -0.3 is 16.2 Å². The molecule has 0 radical (unpaired) electrons. The van der Waals surface area contributed by atoms with Crippen LogP contribution in [0.25, 0.3) is 0 Å². The van der Waals surface area contributed by atoms with Crippen molar-refractivity contribution in [2.75, 3.05) is 11.1 Å². The maximum absolute atomic E-state index is 12.1. The normalized spacial score (nSPS) is 10.5. The molecule has 0 atom stereocenters. The molecular weight excluding hydrogens is 244 g/mol. The van der Waals surface area contributed by atoms with Crippen LogP contribution >= 0.6 is 0 Å². The zero-order valence-electron chi connectivity index (χ0n) is 11.1. The van der Waals surface area contributed by atoms with Gasteiger partial charge in [0, 0.05) is 18.8 Å². The van der Waals surface area contributed by atoms with E-state index >= 15 is 0 Å². The molecule has 4 N–H and O–H groups in total. The van der Waals surface area contributed by atoms with Gasteiger partial charge in [0.25, 0.3) is 5.91 Å². The fourth-order valence-electron chi connectivity index (χ4n) is 1.82. The predicted molar refractivity (Wildman–Crippen MR) is 73.2 cm³/mol. The number of nitrogens with two attached hydrogens (primary N) is 1. The first-order chi connectivity index (χ1) is 8.90. The first-order valence-electron chi connectivity index (χ1n) is 5.80. The molecule has 0 aliphatic heterocycles. The van der Waals surface area contributed by atoms with Crippen molar-refractivity contribution in [2.24, 2.45) is 7.05 Å². The van der Waals surface area contributed by atoms with Crippen LogP contribution in [-0.4, -0.2) is 20.8 Å². The standard InChI is InChI=1S/C13H16N4O2/c1-7-4-5-9(6-10(7)18)15-13(19)12-11(14)8(2)16-17(12)3/h4-6,18H,14H2,1-3H3,(H,15,19). The highest BCUT2D eigenvalue weighted by atomic mass is 16.3. The number of anilines is 2. The summed E-state index contributed by atoms with van der Waals surface area (Å²) in [4.78, 5) is 12.1. The van der Waals surface area contributed by atoms with Crippen LogP contribution in [0, 0.1) is 13.8 Å². The Morgan fingerprint density at radius 2 is 2.11 bits per heavy atom. The van der Waals surface area contributed by atoms with E-state index in [2.05, 4.69) is 10.4 Å².